The second-order valence-electron chi connectivity index (χ2n) is 3.49. The molecule has 1 saturated carbocycles. The van der Waals surface area contributed by atoms with Gasteiger partial charge in [0, 0.05) is 12.1 Å². The Kier molecular flexibility index (Phi) is 2.69. The van der Waals surface area contributed by atoms with Gasteiger partial charge in [-0.05, 0) is 19.3 Å². The molecule has 0 saturated heterocycles. The molecule has 1 aliphatic rings. The first-order valence-corrected chi connectivity index (χ1v) is 4.12. The predicted octanol–water partition coefficient (Wildman–Crippen LogP) is 0.898. The lowest BCUT2D eigenvalue weighted by Gasteiger charge is -2.14. The molecule has 0 spiro atoms. The van der Waals surface area contributed by atoms with E-state index in [0.717, 1.165) is 19.3 Å². The van der Waals surface area contributed by atoms with E-state index in [4.69, 9.17) is 0 Å². The number of aliphatic hydroxyl groups is 1. The Balaban J connectivity index is 2.18. The summed E-state index contributed by atoms with van der Waals surface area (Å²) in [6, 6.07) is 1.12. The highest BCUT2D eigenvalue weighted by atomic mass is 16.3. The molecular formula is C8H17NO. The topological polar surface area (TPSA) is 32.3 Å². The Morgan fingerprint density at radius 3 is 2.50 bits per heavy atom. The average molecular weight is 143 g/mol. The maximum Gasteiger partial charge on any atom is 0.0555 e. The van der Waals surface area contributed by atoms with Crippen molar-refractivity contribution in [1.29, 1.82) is 0 Å². The van der Waals surface area contributed by atoms with E-state index in [1.165, 1.54) is 0 Å². The molecule has 60 valence electrons. The fourth-order valence-corrected chi connectivity index (χ4v) is 1.58. The summed E-state index contributed by atoms with van der Waals surface area (Å²) in [4.78, 5) is 0. The van der Waals surface area contributed by atoms with Gasteiger partial charge in [-0.2, -0.15) is 0 Å². The molecule has 0 amide bonds. The second kappa shape index (κ2) is 3.35. The van der Waals surface area contributed by atoms with Crippen molar-refractivity contribution in [3.8, 4) is 0 Å². The predicted molar refractivity (Wildman–Crippen MR) is 41.9 cm³/mol. The maximum atomic E-state index is 9.17. The Hall–Kier alpha value is -0.0800. The van der Waals surface area contributed by atoms with Crippen molar-refractivity contribution >= 4 is 0 Å². The number of hydrogen-bond donors (Lipinski definition) is 2. The molecule has 1 rings (SSSR count). The van der Waals surface area contributed by atoms with E-state index in [1.807, 2.05) is 0 Å². The molecule has 0 aromatic carbocycles. The third-order valence-corrected chi connectivity index (χ3v) is 1.97. The van der Waals surface area contributed by atoms with Crippen LogP contribution in [0.4, 0.5) is 0 Å². The molecule has 0 unspecified atom stereocenters. The highest BCUT2D eigenvalue weighted by molar-refractivity contribution is 4.80. The van der Waals surface area contributed by atoms with Crippen LogP contribution in [0.15, 0.2) is 0 Å². The molecule has 0 aliphatic heterocycles. The van der Waals surface area contributed by atoms with Crippen LogP contribution in [0, 0.1) is 0 Å². The molecule has 1 aliphatic carbocycles. The van der Waals surface area contributed by atoms with Crippen LogP contribution in [-0.2, 0) is 0 Å². The van der Waals surface area contributed by atoms with Gasteiger partial charge in [-0.25, -0.2) is 0 Å². The molecule has 0 aromatic rings. The Bertz CT molecular complexity index is 103. The lowest BCUT2D eigenvalue weighted by atomic mass is 10.2. The van der Waals surface area contributed by atoms with Gasteiger partial charge < -0.3 is 10.4 Å². The van der Waals surface area contributed by atoms with Gasteiger partial charge in [-0.1, -0.05) is 13.8 Å². The van der Waals surface area contributed by atoms with Crippen molar-refractivity contribution < 1.29 is 5.11 Å². The highest BCUT2D eigenvalue weighted by Gasteiger charge is 2.22. The number of rotatable bonds is 2. The van der Waals surface area contributed by atoms with Gasteiger partial charge in [0.15, 0.2) is 0 Å². The molecule has 2 atom stereocenters. The van der Waals surface area contributed by atoms with Gasteiger partial charge >= 0.3 is 0 Å². The molecule has 2 nitrogen and oxygen atoms in total. The fraction of sp³-hybridized carbons (Fsp3) is 1.00. The summed E-state index contributed by atoms with van der Waals surface area (Å²) in [5.41, 5.74) is 0. The van der Waals surface area contributed by atoms with Crippen LogP contribution >= 0.6 is 0 Å². The first-order valence-electron chi connectivity index (χ1n) is 4.12. The van der Waals surface area contributed by atoms with E-state index in [9.17, 15) is 5.11 Å². The van der Waals surface area contributed by atoms with Crippen LogP contribution in [-0.4, -0.2) is 23.3 Å². The van der Waals surface area contributed by atoms with Crippen LogP contribution in [0.3, 0.4) is 0 Å². The fourth-order valence-electron chi connectivity index (χ4n) is 1.58. The van der Waals surface area contributed by atoms with E-state index >= 15 is 0 Å². The summed E-state index contributed by atoms with van der Waals surface area (Å²) in [5, 5.41) is 12.6. The molecular weight excluding hydrogens is 126 g/mol. The summed E-state index contributed by atoms with van der Waals surface area (Å²) in [6.07, 6.45) is 3.01. The standard InChI is InChI=1S/C8H17NO/c1-6(2)9-7-3-4-8(10)5-7/h6-10H,3-5H2,1-2H3/t7-,8+/m1/s1. The summed E-state index contributed by atoms with van der Waals surface area (Å²) >= 11 is 0. The van der Waals surface area contributed by atoms with Gasteiger partial charge in [0.05, 0.1) is 6.10 Å². The monoisotopic (exact) mass is 143 g/mol. The van der Waals surface area contributed by atoms with Crippen molar-refractivity contribution in [2.24, 2.45) is 0 Å². The molecule has 0 radical (unpaired) electrons. The second-order valence-corrected chi connectivity index (χ2v) is 3.49. The van der Waals surface area contributed by atoms with Crippen LogP contribution in [0.2, 0.25) is 0 Å². The number of nitrogens with one attached hydrogen (secondary N) is 1. The molecule has 0 heterocycles. The van der Waals surface area contributed by atoms with Crippen molar-refractivity contribution in [1.82, 2.24) is 5.32 Å². The van der Waals surface area contributed by atoms with Crippen molar-refractivity contribution in [2.45, 2.75) is 51.3 Å². The van der Waals surface area contributed by atoms with Gasteiger partial charge in [-0.15, -0.1) is 0 Å². The first kappa shape index (κ1) is 8.02. The van der Waals surface area contributed by atoms with E-state index in [-0.39, 0.29) is 6.10 Å². The molecule has 0 aromatic heterocycles. The highest BCUT2D eigenvalue weighted by Crippen LogP contribution is 2.18. The van der Waals surface area contributed by atoms with Gasteiger partial charge in [0.2, 0.25) is 0 Å². The van der Waals surface area contributed by atoms with Crippen LogP contribution in [0.1, 0.15) is 33.1 Å². The third-order valence-electron chi connectivity index (χ3n) is 1.97. The molecule has 1 fully saturated rings. The van der Waals surface area contributed by atoms with E-state index in [1.54, 1.807) is 0 Å². The minimum atomic E-state index is -0.0451. The van der Waals surface area contributed by atoms with E-state index < -0.39 is 0 Å². The zero-order valence-electron chi connectivity index (χ0n) is 6.80. The quantitative estimate of drug-likeness (QED) is 0.602. The molecule has 10 heavy (non-hydrogen) atoms. The minimum Gasteiger partial charge on any atom is -0.393 e. The first-order chi connectivity index (χ1) is 4.68. The normalized spacial score (nSPS) is 33.6. The average Bonchev–Trinajstić information content (AvgIpc) is 2.13. The Labute approximate surface area is 62.6 Å². The zero-order valence-corrected chi connectivity index (χ0v) is 6.80. The van der Waals surface area contributed by atoms with E-state index in [2.05, 4.69) is 19.2 Å². The molecule has 0 bridgehead atoms. The summed E-state index contributed by atoms with van der Waals surface area (Å²) in [7, 11) is 0. The van der Waals surface area contributed by atoms with Gasteiger partial charge in [0.1, 0.15) is 0 Å². The van der Waals surface area contributed by atoms with Crippen LogP contribution in [0.5, 0.6) is 0 Å². The summed E-state index contributed by atoms with van der Waals surface area (Å²) in [6.45, 7) is 4.29. The Morgan fingerprint density at radius 1 is 1.40 bits per heavy atom. The van der Waals surface area contributed by atoms with Crippen molar-refractivity contribution in [3.05, 3.63) is 0 Å². The van der Waals surface area contributed by atoms with Crippen molar-refractivity contribution in [3.63, 3.8) is 0 Å². The molecule has 2 heteroatoms. The van der Waals surface area contributed by atoms with Gasteiger partial charge in [-0.3, -0.25) is 0 Å². The Morgan fingerprint density at radius 2 is 2.10 bits per heavy atom. The maximum absolute atomic E-state index is 9.17. The van der Waals surface area contributed by atoms with Gasteiger partial charge in [0.25, 0.3) is 0 Å². The zero-order chi connectivity index (χ0) is 7.56. The van der Waals surface area contributed by atoms with E-state index in [0.29, 0.717) is 12.1 Å². The lowest BCUT2D eigenvalue weighted by molar-refractivity contribution is 0.179. The summed E-state index contributed by atoms with van der Waals surface area (Å²) in [5.74, 6) is 0. The SMILES string of the molecule is CC(C)N[C@@H]1CC[C@H](O)C1. The lowest BCUT2D eigenvalue weighted by Crippen LogP contribution is -2.32. The number of aliphatic hydroxyl groups excluding tert-OH is 1. The van der Waals surface area contributed by atoms with Crippen LogP contribution < -0.4 is 5.32 Å². The van der Waals surface area contributed by atoms with Crippen LogP contribution in [0.25, 0.3) is 0 Å². The van der Waals surface area contributed by atoms with Crippen molar-refractivity contribution in [2.75, 3.05) is 0 Å². The largest absolute Gasteiger partial charge is 0.393 e. The third kappa shape index (κ3) is 2.27. The summed E-state index contributed by atoms with van der Waals surface area (Å²) < 4.78 is 0. The smallest absolute Gasteiger partial charge is 0.0555 e. The molecule has 2 N–H and O–H groups in total. The minimum absolute atomic E-state index is 0.0451. The number of hydrogen-bond acceptors (Lipinski definition) is 2.